The number of rotatable bonds is 2. The monoisotopic (exact) mass is 338 g/mol. The molecule has 3 aliphatic heterocycles. The lowest BCUT2D eigenvalue weighted by Gasteiger charge is -2.41. The highest BCUT2D eigenvalue weighted by atomic mass is 32.2. The van der Waals surface area contributed by atoms with Gasteiger partial charge in [-0.15, -0.1) is 0 Å². The second kappa shape index (κ2) is 5.19. The first kappa shape index (κ1) is 14.9. The highest BCUT2D eigenvalue weighted by Crippen LogP contribution is 2.45. The molecular weight excluding hydrogens is 320 g/mol. The van der Waals surface area contributed by atoms with Crippen LogP contribution in [-0.2, 0) is 25.8 Å². The molecule has 3 saturated heterocycles. The molecule has 3 aliphatic rings. The van der Waals surface area contributed by atoms with E-state index in [1.165, 1.54) is 4.31 Å². The summed E-state index contributed by atoms with van der Waals surface area (Å²) in [5.41, 5.74) is 0.320. The van der Waals surface area contributed by atoms with Crippen molar-refractivity contribution in [1.29, 1.82) is 0 Å². The molecule has 7 nitrogen and oxygen atoms in total. The maximum atomic E-state index is 12.3. The predicted molar refractivity (Wildman–Crippen MR) is 80.7 cm³/mol. The quantitative estimate of drug-likeness (QED) is 0.808. The predicted octanol–water partition coefficient (Wildman–Crippen LogP) is 1.12. The number of likely N-dealkylation sites (tertiary alicyclic amines) is 1. The summed E-state index contributed by atoms with van der Waals surface area (Å²) >= 11 is 0. The number of ether oxygens (including phenoxy) is 1. The maximum Gasteiger partial charge on any atom is 0.410 e. The Bertz CT molecular complexity index is 723. The van der Waals surface area contributed by atoms with Crippen molar-refractivity contribution in [3.8, 4) is 0 Å². The summed E-state index contributed by atoms with van der Waals surface area (Å²) in [5.74, 6) is 0. The number of amides is 1. The molecule has 2 bridgehead atoms. The largest absolute Gasteiger partial charge is 0.445 e. The smallest absolute Gasteiger partial charge is 0.410 e. The molecule has 3 fully saturated rings. The summed E-state index contributed by atoms with van der Waals surface area (Å²) in [7, 11) is -3.64. The molecule has 1 aromatic carbocycles. The lowest BCUT2D eigenvalue weighted by molar-refractivity contribution is 0.0425. The zero-order valence-electron chi connectivity index (χ0n) is 12.6. The number of benzene rings is 1. The number of nitrogens with zero attached hydrogens (tertiary/aromatic N) is 2. The fourth-order valence-corrected chi connectivity index (χ4v) is 5.53. The number of carbonyl (C=O) groups is 1. The van der Waals surface area contributed by atoms with Crippen molar-refractivity contribution in [2.24, 2.45) is 0 Å². The van der Waals surface area contributed by atoms with Gasteiger partial charge in [0.15, 0.2) is 0 Å². The minimum Gasteiger partial charge on any atom is -0.445 e. The van der Waals surface area contributed by atoms with Crippen LogP contribution < -0.4 is 0 Å². The number of hydrogen-bond donors (Lipinski definition) is 0. The van der Waals surface area contributed by atoms with Gasteiger partial charge in [0.25, 0.3) is 0 Å². The van der Waals surface area contributed by atoms with Crippen LogP contribution in [0.5, 0.6) is 0 Å². The van der Waals surface area contributed by atoms with E-state index in [1.807, 2.05) is 30.3 Å². The Morgan fingerprint density at radius 3 is 2.91 bits per heavy atom. The zero-order chi connectivity index (χ0) is 16.1. The summed E-state index contributed by atoms with van der Waals surface area (Å²) in [6.45, 7) is 1.02. The highest BCUT2D eigenvalue weighted by molar-refractivity contribution is 7.84. The molecule has 0 aliphatic carbocycles. The van der Waals surface area contributed by atoms with Crippen molar-refractivity contribution in [1.82, 2.24) is 9.21 Å². The van der Waals surface area contributed by atoms with Gasteiger partial charge in [-0.05, 0) is 18.4 Å². The molecule has 23 heavy (non-hydrogen) atoms. The van der Waals surface area contributed by atoms with Crippen LogP contribution in [0, 0.1) is 0 Å². The molecule has 124 valence electrons. The molecule has 2 atom stereocenters. The van der Waals surface area contributed by atoms with Gasteiger partial charge in [-0.25, -0.2) is 4.79 Å². The van der Waals surface area contributed by atoms with Crippen LogP contribution in [0.4, 0.5) is 4.79 Å². The van der Waals surface area contributed by atoms with Gasteiger partial charge in [-0.3, -0.25) is 4.18 Å². The van der Waals surface area contributed by atoms with Gasteiger partial charge in [0, 0.05) is 19.1 Å². The summed E-state index contributed by atoms with van der Waals surface area (Å²) < 4.78 is 35.8. The molecular formula is C15H18N2O5S. The lowest BCUT2D eigenvalue weighted by atomic mass is 9.98. The van der Waals surface area contributed by atoms with Crippen LogP contribution in [0.25, 0.3) is 0 Å². The summed E-state index contributed by atoms with van der Waals surface area (Å²) in [6, 6.07) is 9.27. The normalized spacial score (nSPS) is 31.8. The molecule has 0 aromatic heterocycles. The van der Waals surface area contributed by atoms with Crippen LogP contribution in [-0.4, -0.2) is 55.0 Å². The Kier molecular flexibility index (Phi) is 3.36. The van der Waals surface area contributed by atoms with Gasteiger partial charge in [0.2, 0.25) is 0 Å². The van der Waals surface area contributed by atoms with Crippen molar-refractivity contribution in [3.63, 3.8) is 0 Å². The number of carbonyl (C=O) groups excluding carboxylic acids is 1. The van der Waals surface area contributed by atoms with E-state index < -0.39 is 21.9 Å². The third kappa shape index (κ3) is 2.41. The fraction of sp³-hybridized carbons (Fsp3) is 0.533. The Balaban J connectivity index is 1.45. The molecule has 0 spiro atoms. The SMILES string of the molecule is O=C(OCc1ccccc1)N1CC2CCC3(COS(=O)(=O)N23)C1. The summed E-state index contributed by atoms with van der Waals surface area (Å²) in [4.78, 5) is 13.9. The molecule has 3 heterocycles. The average Bonchev–Trinajstić information content (AvgIpc) is 2.97. The van der Waals surface area contributed by atoms with Crippen molar-refractivity contribution in [2.45, 2.75) is 31.0 Å². The van der Waals surface area contributed by atoms with Crippen molar-refractivity contribution < 1.29 is 22.1 Å². The minimum atomic E-state index is -3.64. The van der Waals surface area contributed by atoms with Crippen molar-refractivity contribution >= 4 is 16.4 Å². The Morgan fingerprint density at radius 1 is 1.35 bits per heavy atom. The van der Waals surface area contributed by atoms with E-state index in [9.17, 15) is 13.2 Å². The van der Waals surface area contributed by atoms with Gasteiger partial charge in [0.1, 0.15) is 6.61 Å². The topological polar surface area (TPSA) is 76.1 Å². The van der Waals surface area contributed by atoms with E-state index in [4.69, 9.17) is 8.92 Å². The highest BCUT2D eigenvalue weighted by Gasteiger charge is 2.62. The molecule has 1 amide bonds. The van der Waals surface area contributed by atoms with Crippen LogP contribution in [0.1, 0.15) is 18.4 Å². The molecule has 0 saturated carbocycles. The second-order valence-electron chi connectivity index (χ2n) is 6.35. The lowest BCUT2D eigenvalue weighted by Crippen LogP contribution is -2.61. The van der Waals surface area contributed by atoms with E-state index in [1.54, 1.807) is 4.90 Å². The molecule has 0 radical (unpaired) electrons. The van der Waals surface area contributed by atoms with Crippen LogP contribution in [0.15, 0.2) is 30.3 Å². The molecule has 4 rings (SSSR count). The Hall–Kier alpha value is -1.64. The standard InChI is InChI=1S/C15H18N2O5S/c18-14(21-9-12-4-2-1-3-5-12)16-8-13-6-7-15(10-16)11-22-23(19,20)17(13)15/h1-5,13H,6-11H2. The van der Waals surface area contributed by atoms with Crippen LogP contribution >= 0.6 is 0 Å². The van der Waals surface area contributed by atoms with Gasteiger partial charge in [-0.2, -0.15) is 12.7 Å². The van der Waals surface area contributed by atoms with E-state index >= 15 is 0 Å². The van der Waals surface area contributed by atoms with Gasteiger partial charge in [0.05, 0.1) is 12.1 Å². The zero-order valence-corrected chi connectivity index (χ0v) is 13.4. The summed E-state index contributed by atoms with van der Waals surface area (Å²) in [6.07, 6.45) is 1.08. The second-order valence-corrected chi connectivity index (χ2v) is 7.84. The molecule has 0 N–H and O–H groups in total. The van der Waals surface area contributed by atoms with Gasteiger partial charge >= 0.3 is 16.4 Å². The van der Waals surface area contributed by atoms with E-state index in [0.29, 0.717) is 13.1 Å². The third-order valence-corrected chi connectivity index (χ3v) is 6.42. The average molecular weight is 338 g/mol. The number of piperazine rings is 1. The van der Waals surface area contributed by atoms with Crippen LogP contribution in [0.2, 0.25) is 0 Å². The number of hydrogen-bond acceptors (Lipinski definition) is 5. The third-order valence-electron chi connectivity index (χ3n) is 4.84. The maximum absolute atomic E-state index is 12.3. The molecule has 8 heteroatoms. The first-order valence-electron chi connectivity index (χ1n) is 7.65. The van der Waals surface area contributed by atoms with E-state index in [2.05, 4.69) is 0 Å². The first-order valence-corrected chi connectivity index (χ1v) is 9.01. The Morgan fingerprint density at radius 2 is 2.13 bits per heavy atom. The molecule has 1 aromatic rings. The van der Waals surface area contributed by atoms with Crippen molar-refractivity contribution in [2.75, 3.05) is 19.7 Å². The fourth-order valence-electron chi connectivity index (χ4n) is 3.83. The first-order chi connectivity index (χ1) is 11.0. The van der Waals surface area contributed by atoms with E-state index in [-0.39, 0.29) is 19.3 Å². The summed E-state index contributed by atoms with van der Waals surface area (Å²) in [5, 5.41) is 0. The van der Waals surface area contributed by atoms with Gasteiger partial charge in [-0.1, -0.05) is 30.3 Å². The van der Waals surface area contributed by atoms with E-state index in [0.717, 1.165) is 18.4 Å². The van der Waals surface area contributed by atoms with Gasteiger partial charge < -0.3 is 9.64 Å². The van der Waals surface area contributed by atoms with Crippen molar-refractivity contribution in [3.05, 3.63) is 35.9 Å². The molecule has 2 unspecified atom stereocenters. The van der Waals surface area contributed by atoms with Crippen LogP contribution in [0.3, 0.4) is 0 Å². The Labute approximate surface area is 135 Å². The minimum absolute atomic E-state index is 0.119.